The van der Waals surface area contributed by atoms with E-state index in [1.165, 1.54) is 34.4 Å². The van der Waals surface area contributed by atoms with Gasteiger partial charge in [-0.3, -0.25) is 4.79 Å². The van der Waals surface area contributed by atoms with Gasteiger partial charge in [0.25, 0.3) is 5.91 Å². The van der Waals surface area contributed by atoms with Crippen LogP contribution in [0.3, 0.4) is 0 Å². The molecule has 136 valence electrons. The fourth-order valence-corrected chi connectivity index (χ4v) is 3.37. The first-order chi connectivity index (χ1) is 13.1. The standard InChI is InChI=1S/C21H16F2N2OS/c1-2-11-25(13-15-7-9-17(22)10-8-15)21(26)19-14-27-20(24-19)12-16-5-3-4-6-18(16)23/h1,3-10,14H,11-13H2. The van der Waals surface area contributed by atoms with Gasteiger partial charge >= 0.3 is 0 Å². The van der Waals surface area contributed by atoms with Crippen molar-refractivity contribution in [1.29, 1.82) is 0 Å². The smallest absolute Gasteiger partial charge is 0.274 e. The molecule has 0 aliphatic carbocycles. The van der Waals surface area contributed by atoms with Gasteiger partial charge in [-0.05, 0) is 29.3 Å². The van der Waals surface area contributed by atoms with Crippen molar-refractivity contribution in [1.82, 2.24) is 9.88 Å². The van der Waals surface area contributed by atoms with Gasteiger partial charge in [0.2, 0.25) is 0 Å². The number of halogens is 2. The highest BCUT2D eigenvalue weighted by molar-refractivity contribution is 7.09. The molecule has 1 aromatic heterocycles. The molecular weight excluding hydrogens is 366 g/mol. The third-order valence-electron chi connectivity index (χ3n) is 3.93. The highest BCUT2D eigenvalue weighted by atomic mass is 32.1. The number of benzene rings is 2. The lowest BCUT2D eigenvalue weighted by Gasteiger charge is -2.19. The minimum atomic E-state index is -0.342. The summed E-state index contributed by atoms with van der Waals surface area (Å²) in [6.07, 6.45) is 5.70. The van der Waals surface area contributed by atoms with Crippen molar-refractivity contribution >= 4 is 17.2 Å². The van der Waals surface area contributed by atoms with E-state index in [2.05, 4.69) is 10.9 Å². The number of carbonyl (C=O) groups is 1. The highest BCUT2D eigenvalue weighted by Gasteiger charge is 2.19. The van der Waals surface area contributed by atoms with Crippen molar-refractivity contribution in [3.63, 3.8) is 0 Å². The number of terminal acetylenes is 1. The van der Waals surface area contributed by atoms with Crippen molar-refractivity contribution in [3.8, 4) is 12.3 Å². The Morgan fingerprint density at radius 3 is 2.59 bits per heavy atom. The highest BCUT2D eigenvalue weighted by Crippen LogP contribution is 2.19. The predicted molar refractivity (Wildman–Crippen MR) is 101 cm³/mol. The first-order valence-corrected chi connectivity index (χ1v) is 9.10. The Hall–Kier alpha value is -3.04. The molecule has 3 rings (SSSR count). The fourth-order valence-electron chi connectivity index (χ4n) is 2.58. The van der Waals surface area contributed by atoms with Crippen molar-refractivity contribution in [2.45, 2.75) is 13.0 Å². The van der Waals surface area contributed by atoms with E-state index >= 15 is 0 Å². The van der Waals surface area contributed by atoms with Crippen molar-refractivity contribution in [2.24, 2.45) is 0 Å². The number of rotatable bonds is 6. The van der Waals surface area contributed by atoms with E-state index in [0.29, 0.717) is 17.0 Å². The summed E-state index contributed by atoms with van der Waals surface area (Å²) in [6.45, 7) is 0.361. The van der Waals surface area contributed by atoms with Crippen LogP contribution in [0.4, 0.5) is 8.78 Å². The number of aromatic nitrogens is 1. The van der Waals surface area contributed by atoms with Gasteiger partial charge in [-0.15, -0.1) is 17.8 Å². The molecule has 0 spiro atoms. The molecule has 6 heteroatoms. The summed E-state index contributed by atoms with van der Waals surface area (Å²) in [5, 5.41) is 2.29. The van der Waals surface area contributed by atoms with Gasteiger partial charge in [0.1, 0.15) is 17.3 Å². The number of hydrogen-bond acceptors (Lipinski definition) is 3. The minimum Gasteiger partial charge on any atom is -0.322 e. The molecule has 0 aliphatic heterocycles. The third kappa shape index (κ3) is 4.78. The van der Waals surface area contributed by atoms with Gasteiger partial charge in [0.05, 0.1) is 11.6 Å². The summed E-state index contributed by atoms with van der Waals surface area (Å²) < 4.78 is 26.9. The van der Waals surface area contributed by atoms with Gasteiger partial charge in [0, 0.05) is 18.3 Å². The SMILES string of the molecule is C#CCN(Cc1ccc(F)cc1)C(=O)c1csc(Cc2ccccc2F)n1. The van der Waals surface area contributed by atoms with Crippen LogP contribution in [0.25, 0.3) is 0 Å². The molecule has 0 unspecified atom stereocenters. The lowest BCUT2D eigenvalue weighted by molar-refractivity contribution is 0.0760. The Labute approximate surface area is 160 Å². The third-order valence-corrected chi connectivity index (χ3v) is 4.78. The molecule has 0 N–H and O–H groups in total. The second-order valence-corrected chi connectivity index (χ2v) is 6.83. The van der Waals surface area contributed by atoms with Gasteiger partial charge in [-0.2, -0.15) is 0 Å². The van der Waals surface area contributed by atoms with Gasteiger partial charge < -0.3 is 4.90 Å². The van der Waals surface area contributed by atoms with E-state index in [1.807, 2.05) is 0 Å². The number of nitrogens with zero attached hydrogens (tertiary/aromatic N) is 2. The Bertz CT molecular complexity index is 976. The van der Waals surface area contributed by atoms with Crippen LogP contribution in [0, 0.1) is 24.0 Å². The molecule has 0 atom stereocenters. The molecule has 0 aliphatic rings. The maximum atomic E-state index is 13.8. The van der Waals surface area contributed by atoms with E-state index < -0.39 is 0 Å². The Balaban J connectivity index is 1.74. The monoisotopic (exact) mass is 382 g/mol. The van der Waals surface area contributed by atoms with Gasteiger partial charge in [-0.25, -0.2) is 13.8 Å². The number of amides is 1. The van der Waals surface area contributed by atoms with Crippen LogP contribution < -0.4 is 0 Å². The summed E-state index contributed by atoms with van der Waals surface area (Å²) in [4.78, 5) is 18.6. The molecule has 27 heavy (non-hydrogen) atoms. The zero-order valence-electron chi connectivity index (χ0n) is 14.4. The van der Waals surface area contributed by atoms with Crippen molar-refractivity contribution < 1.29 is 13.6 Å². The number of carbonyl (C=O) groups excluding carboxylic acids is 1. The van der Waals surface area contributed by atoms with Crippen LogP contribution in [-0.2, 0) is 13.0 Å². The Kier molecular flexibility index (Phi) is 5.94. The summed E-state index contributed by atoms with van der Waals surface area (Å²) >= 11 is 1.30. The van der Waals surface area contributed by atoms with Crippen LogP contribution in [-0.4, -0.2) is 22.3 Å². The number of hydrogen-bond donors (Lipinski definition) is 0. The topological polar surface area (TPSA) is 33.2 Å². The van der Waals surface area contributed by atoms with Gasteiger partial charge in [0.15, 0.2) is 0 Å². The molecule has 0 bridgehead atoms. The van der Waals surface area contributed by atoms with E-state index in [0.717, 1.165) is 5.56 Å². The average molecular weight is 382 g/mol. The second-order valence-electron chi connectivity index (χ2n) is 5.89. The molecule has 0 saturated carbocycles. The Morgan fingerprint density at radius 1 is 1.15 bits per heavy atom. The molecule has 3 nitrogen and oxygen atoms in total. The molecule has 0 radical (unpaired) electrons. The fraction of sp³-hybridized carbons (Fsp3) is 0.143. The Morgan fingerprint density at radius 2 is 1.89 bits per heavy atom. The van der Waals surface area contributed by atoms with Crippen LogP contribution >= 0.6 is 11.3 Å². The minimum absolute atomic E-state index is 0.108. The molecule has 3 aromatic rings. The maximum Gasteiger partial charge on any atom is 0.274 e. The quantitative estimate of drug-likeness (QED) is 0.596. The average Bonchev–Trinajstić information content (AvgIpc) is 3.13. The second kappa shape index (κ2) is 8.56. The van der Waals surface area contributed by atoms with Crippen molar-refractivity contribution in [2.75, 3.05) is 6.54 Å². The van der Waals surface area contributed by atoms with Crippen LogP contribution in [0.15, 0.2) is 53.9 Å². The molecule has 0 fully saturated rings. The summed E-state index contributed by atoms with van der Waals surface area (Å²) in [5.41, 5.74) is 1.56. The summed E-state index contributed by atoms with van der Waals surface area (Å²) in [7, 11) is 0. The molecule has 1 heterocycles. The van der Waals surface area contributed by atoms with Crippen LogP contribution in [0.2, 0.25) is 0 Å². The van der Waals surface area contributed by atoms with E-state index in [-0.39, 0.29) is 36.3 Å². The normalized spacial score (nSPS) is 10.4. The zero-order valence-corrected chi connectivity index (χ0v) is 15.2. The van der Waals surface area contributed by atoms with Gasteiger partial charge in [-0.1, -0.05) is 36.3 Å². The molecule has 0 saturated heterocycles. The maximum absolute atomic E-state index is 13.8. The first kappa shape index (κ1) is 18.7. The first-order valence-electron chi connectivity index (χ1n) is 8.22. The van der Waals surface area contributed by atoms with Crippen LogP contribution in [0.5, 0.6) is 0 Å². The summed E-state index contributed by atoms with van der Waals surface area (Å²) in [6, 6.07) is 12.4. The zero-order chi connectivity index (χ0) is 19.2. The number of thiazole rings is 1. The predicted octanol–water partition coefficient (Wildman–Crippen LogP) is 4.29. The van der Waals surface area contributed by atoms with E-state index in [4.69, 9.17) is 6.42 Å². The molecule has 2 aromatic carbocycles. The molecular formula is C21H16F2N2OS. The van der Waals surface area contributed by atoms with Crippen molar-refractivity contribution in [3.05, 3.63) is 87.4 Å². The summed E-state index contributed by atoms with van der Waals surface area (Å²) in [5.74, 6) is 1.51. The van der Waals surface area contributed by atoms with E-state index in [9.17, 15) is 13.6 Å². The lowest BCUT2D eigenvalue weighted by Crippen LogP contribution is -2.31. The lowest BCUT2D eigenvalue weighted by atomic mass is 10.1. The van der Waals surface area contributed by atoms with Crippen LogP contribution in [0.1, 0.15) is 26.6 Å². The largest absolute Gasteiger partial charge is 0.322 e. The van der Waals surface area contributed by atoms with E-state index in [1.54, 1.807) is 35.7 Å². The molecule has 1 amide bonds.